The van der Waals surface area contributed by atoms with Gasteiger partial charge in [0.25, 0.3) is 0 Å². The Morgan fingerprint density at radius 2 is 1.71 bits per heavy atom. The summed E-state index contributed by atoms with van der Waals surface area (Å²) in [7, 11) is 0. The summed E-state index contributed by atoms with van der Waals surface area (Å²) in [5, 5.41) is 1.08. The van der Waals surface area contributed by atoms with Crippen molar-refractivity contribution in [2.45, 2.75) is 19.8 Å². The van der Waals surface area contributed by atoms with Crippen LogP contribution in [0.25, 0.3) is 22.2 Å². The lowest BCUT2D eigenvalue weighted by atomic mass is 9.99. The van der Waals surface area contributed by atoms with E-state index in [1.165, 1.54) is 5.56 Å². The fourth-order valence-electron chi connectivity index (χ4n) is 2.65. The van der Waals surface area contributed by atoms with Crippen LogP contribution >= 0.6 is 12.2 Å². The molecule has 2 aromatic carbocycles. The Kier molecular flexibility index (Phi) is 3.52. The second kappa shape index (κ2) is 5.34. The van der Waals surface area contributed by atoms with Crippen molar-refractivity contribution in [3.05, 3.63) is 59.7 Å². The summed E-state index contributed by atoms with van der Waals surface area (Å²) < 4.78 is 0. The highest BCUT2D eigenvalue weighted by atomic mass is 32.1. The molecule has 0 aliphatic heterocycles. The van der Waals surface area contributed by atoms with Crippen molar-refractivity contribution in [3.8, 4) is 11.3 Å². The van der Waals surface area contributed by atoms with Crippen LogP contribution in [-0.4, -0.2) is 9.97 Å². The molecule has 0 saturated carbocycles. The third-order valence-electron chi connectivity index (χ3n) is 3.82. The molecular weight excluding hydrogens is 276 g/mol. The Balaban J connectivity index is 2.19. The maximum absolute atomic E-state index is 5.95. The van der Waals surface area contributed by atoms with Crippen molar-refractivity contribution in [2.24, 2.45) is 5.73 Å². The largest absolute Gasteiger partial charge is 0.389 e. The average molecular weight is 294 g/mol. The number of aromatic amines is 1. The van der Waals surface area contributed by atoms with Crippen molar-refractivity contribution in [2.75, 3.05) is 0 Å². The minimum atomic E-state index is 0.426. The molecule has 3 rings (SSSR count). The van der Waals surface area contributed by atoms with E-state index in [1.54, 1.807) is 0 Å². The van der Waals surface area contributed by atoms with Crippen LogP contribution in [0.4, 0.5) is 0 Å². The molecule has 3 heteroatoms. The first-order valence-corrected chi connectivity index (χ1v) is 7.49. The number of hydrogen-bond donors (Lipinski definition) is 2. The van der Waals surface area contributed by atoms with Crippen LogP contribution in [-0.2, 0) is 0 Å². The zero-order valence-electron chi connectivity index (χ0n) is 12.2. The summed E-state index contributed by atoms with van der Waals surface area (Å²) in [6.45, 7) is 4.39. The fourth-order valence-corrected chi connectivity index (χ4v) is 2.86. The molecule has 1 heterocycles. The number of nitrogens with one attached hydrogen (secondary N) is 1. The van der Waals surface area contributed by atoms with Gasteiger partial charge in [0.05, 0.1) is 5.69 Å². The van der Waals surface area contributed by atoms with Crippen molar-refractivity contribution in [1.82, 2.24) is 4.98 Å². The van der Waals surface area contributed by atoms with E-state index in [4.69, 9.17) is 18.0 Å². The molecule has 0 atom stereocenters. The fraction of sp³-hybridized carbons (Fsp3) is 0.167. The van der Waals surface area contributed by atoms with E-state index in [0.717, 1.165) is 27.7 Å². The summed E-state index contributed by atoms with van der Waals surface area (Å²) >= 11 is 5.26. The number of nitrogens with two attached hydrogens (primary N) is 1. The van der Waals surface area contributed by atoms with Gasteiger partial charge in [-0.15, -0.1) is 0 Å². The highest BCUT2D eigenvalue weighted by Gasteiger charge is 2.15. The normalized spacial score (nSPS) is 11.2. The molecule has 0 bridgehead atoms. The van der Waals surface area contributed by atoms with Crippen molar-refractivity contribution in [3.63, 3.8) is 0 Å². The number of rotatable bonds is 3. The number of H-pyrrole nitrogens is 1. The number of aromatic nitrogens is 1. The molecule has 21 heavy (non-hydrogen) atoms. The molecule has 0 spiro atoms. The number of benzene rings is 2. The van der Waals surface area contributed by atoms with E-state index in [1.807, 2.05) is 24.3 Å². The molecule has 3 aromatic rings. The van der Waals surface area contributed by atoms with E-state index in [2.05, 4.69) is 43.1 Å². The molecule has 3 N–H and O–H groups in total. The van der Waals surface area contributed by atoms with E-state index in [-0.39, 0.29) is 0 Å². The lowest BCUT2D eigenvalue weighted by Gasteiger charge is -2.07. The lowest BCUT2D eigenvalue weighted by molar-refractivity contribution is 0.867. The molecule has 0 aliphatic carbocycles. The van der Waals surface area contributed by atoms with Crippen molar-refractivity contribution >= 4 is 28.1 Å². The Bertz CT molecular complexity index is 798. The maximum atomic E-state index is 5.95. The summed E-state index contributed by atoms with van der Waals surface area (Å²) in [6.07, 6.45) is 0. The minimum absolute atomic E-state index is 0.426. The quantitative estimate of drug-likeness (QED) is 0.694. The molecule has 0 radical (unpaired) electrons. The minimum Gasteiger partial charge on any atom is -0.389 e. The van der Waals surface area contributed by atoms with Crippen LogP contribution in [0, 0.1) is 0 Å². The number of fused-ring (bicyclic) bond motifs is 1. The van der Waals surface area contributed by atoms with Crippen LogP contribution in [0.1, 0.15) is 30.9 Å². The second-order valence-corrected chi connectivity index (χ2v) is 6.00. The molecule has 2 nitrogen and oxygen atoms in total. The predicted molar refractivity (Wildman–Crippen MR) is 93.7 cm³/mol. The molecule has 0 fully saturated rings. The van der Waals surface area contributed by atoms with Crippen LogP contribution in [0.3, 0.4) is 0 Å². The topological polar surface area (TPSA) is 41.8 Å². The smallest absolute Gasteiger partial charge is 0.106 e. The van der Waals surface area contributed by atoms with Crippen LogP contribution in [0.2, 0.25) is 0 Å². The predicted octanol–water partition coefficient (Wildman–Crippen LogP) is 4.59. The Hall–Kier alpha value is -2.13. The number of hydrogen-bond acceptors (Lipinski definition) is 1. The summed E-state index contributed by atoms with van der Waals surface area (Å²) in [5.41, 5.74) is 11.4. The monoisotopic (exact) mass is 294 g/mol. The SMILES string of the molecule is CC(C)c1ccc(-c2[nH]c3ccccc3c2C(N)=S)cc1. The molecule has 0 aliphatic rings. The Morgan fingerprint density at radius 3 is 2.33 bits per heavy atom. The second-order valence-electron chi connectivity index (χ2n) is 5.56. The van der Waals surface area contributed by atoms with E-state index in [0.29, 0.717) is 10.9 Å². The molecule has 0 amide bonds. The molecule has 1 aromatic heterocycles. The van der Waals surface area contributed by atoms with Gasteiger partial charge in [0, 0.05) is 16.5 Å². The number of thiocarbonyl (C=S) groups is 1. The first-order chi connectivity index (χ1) is 10.1. The highest BCUT2D eigenvalue weighted by molar-refractivity contribution is 7.80. The van der Waals surface area contributed by atoms with Gasteiger partial charge in [0.2, 0.25) is 0 Å². The summed E-state index contributed by atoms with van der Waals surface area (Å²) in [6, 6.07) is 16.7. The van der Waals surface area contributed by atoms with E-state index < -0.39 is 0 Å². The third-order valence-corrected chi connectivity index (χ3v) is 4.02. The van der Waals surface area contributed by atoms with Crippen LogP contribution < -0.4 is 5.73 Å². The Morgan fingerprint density at radius 1 is 1.05 bits per heavy atom. The van der Waals surface area contributed by atoms with E-state index >= 15 is 0 Å². The van der Waals surface area contributed by atoms with Gasteiger partial charge >= 0.3 is 0 Å². The zero-order valence-corrected chi connectivity index (χ0v) is 13.0. The number of para-hydroxylation sites is 1. The summed E-state index contributed by atoms with van der Waals surface area (Å²) in [4.78, 5) is 3.87. The lowest BCUT2D eigenvalue weighted by Crippen LogP contribution is -2.10. The van der Waals surface area contributed by atoms with Crippen LogP contribution in [0.5, 0.6) is 0 Å². The molecule has 106 valence electrons. The van der Waals surface area contributed by atoms with E-state index in [9.17, 15) is 0 Å². The van der Waals surface area contributed by atoms with Gasteiger partial charge in [-0.1, -0.05) is 68.5 Å². The standard InChI is InChI=1S/C18H18N2S/c1-11(2)12-7-9-13(10-8-12)17-16(18(19)21)14-5-3-4-6-15(14)20-17/h3-11,20H,1-2H3,(H2,19,21). The summed E-state index contributed by atoms with van der Waals surface area (Å²) in [5.74, 6) is 0.525. The molecule has 0 saturated heterocycles. The maximum Gasteiger partial charge on any atom is 0.106 e. The average Bonchev–Trinajstić information content (AvgIpc) is 2.86. The van der Waals surface area contributed by atoms with Gasteiger partial charge in [-0.05, 0) is 23.1 Å². The van der Waals surface area contributed by atoms with Gasteiger partial charge < -0.3 is 10.7 Å². The first kappa shape index (κ1) is 13.8. The highest BCUT2D eigenvalue weighted by Crippen LogP contribution is 2.31. The molecular formula is C18H18N2S. The van der Waals surface area contributed by atoms with Gasteiger partial charge in [-0.25, -0.2) is 0 Å². The van der Waals surface area contributed by atoms with Crippen molar-refractivity contribution < 1.29 is 0 Å². The zero-order chi connectivity index (χ0) is 15.0. The van der Waals surface area contributed by atoms with Gasteiger partial charge in [-0.2, -0.15) is 0 Å². The Labute approximate surface area is 130 Å². The van der Waals surface area contributed by atoms with Crippen molar-refractivity contribution in [1.29, 1.82) is 0 Å². The molecule has 0 unspecified atom stereocenters. The third kappa shape index (κ3) is 2.45. The first-order valence-electron chi connectivity index (χ1n) is 7.08. The van der Waals surface area contributed by atoms with Gasteiger partial charge in [-0.3, -0.25) is 0 Å². The van der Waals surface area contributed by atoms with Crippen LogP contribution in [0.15, 0.2) is 48.5 Å². The van der Waals surface area contributed by atoms with Gasteiger partial charge in [0.15, 0.2) is 0 Å². The van der Waals surface area contributed by atoms with Gasteiger partial charge in [0.1, 0.15) is 4.99 Å².